The van der Waals surface area contributed by atoms with Crippen molar-refractivity contribution in [3.05, 3.63) is 75.3 Å². The third-order valence-corrected chi connectivity index (χ3v) is 6.71. The normalized spacial score (nSPS) is 14.2. The maximum absolute atomic E-state index is 13.7. The van der Waals surface area contributed by atoms with Crippen molar-refractivity contribution >= 4 is 33.9 Å². The van der Waals surface area contributed by atoms with E-state index in [4.69, 9.17) is 13.9 Å². The van der Waals surface area contributed by atoms with Crippen molar-refractivity contribution in [1.29, 1.82) is 0 Å². The lowest BCUT2D eigenvalue weighted by Gasteiger charge is -2.23. The summed E-state index contributed by atoms with van der Waals surface area (Å²) in [5.74, 6) is -0.314. The Morgan fingerprint density at radius 2 is 1.84 bits per heavy atom. The molecule has 4 aromatic rings. The fourth-order valence-electron chi connectivity index (χ4n) is 5.09. The maximum Gasteiger partial charge on any atom is 0.408 e. The van der Waals surface area contributed by atoms with Gasteiger partial charge in [0.15, 0.2) is 0 Å². The van der Waals surface area contributed by atoms with Crippen molar-refractivity contribution in [3.8, 4) is 5.75 Å². The van der Waals surface area contributed by atoms with E-state index >= 15 is 0 Å². The van der Waals surface area contributed by atoms with E-state index in [1.807, 2.05) is 37.4 Å². The highest BCUT2D eigenvalue weighted by Gasteiger charge is 2.29. The van der Waals surface area contributed by atoms with Gasteiger partial charge in [-0.25, -0.2) is 14.4 Å². The third kappa shape index (κ3) is 5.30. The Kier molecular flexibility index (Phi) is 6.73. The van der Waals surface area contributed by atoms with Crippen LogP contribution >= 0.6 is 0 Å². The number of alkyl carbamates (subject to hydrolysis) is 1. The molecule has 0 saturated heterocycles. The summed E-state index contributed by atoms with van der Waals surface area (Å²) < 4.78 is 17.1. The summed E-state index contributed by atoms with van der Waals surface area (Å²) in [6.07, 6.45) is 4.51. The van der Waals surface area contributed by atoms with Crippen LogP contribution in [0.5, 0.6) is 5.75 Å². The van der Waals surface area contributed by atoms with E-state index in [0.29, 0.717) is 35.1 Å². The number of aromatic nitrogens is 1. The van der Waals surface area contributed by atoms with Crippen LogP contribution in [-0.2, 0) is 28.8 Å². The zero-order valence-electron chi connectivity index (χ0n) is 22.1. The van der Waals surface area contributed by atoms with Crippen molar-refractivity contribution in [2.24, 2.45) is 0 Å². The van der Waals surface area contributed by atoms with Crippen LogP contribution in [0.1, 0.15) is 55.9 Å². The molecule has 0 saturated carbocycles. The van der Waals surface area contributed by atoms with Gasteiger partial charge < -0.3 is 24.2 Å². The number of carbonyl (C=O) groups excluding carboxylic acids is 2. The summed E-state index contributed by atoms with van der Waals surface area (Å²) in [4.78, 5) is 42.2. The Bertz CT molecular complexity index is 1590. The second-order valence-electron chi connectivity index (χ2n) is 10.9. The molecule has 2 aromatic heterocycles. The van der Waals surface area contributed by atoms with Crippen molar-refractivity contribution in [2.45, 2.75) is 71.4 Å². The molecular weight excluding hydrogens is 484 g/mol. The molecule has 1 aliphatic rings. The van der Waals surface area contributed by atoms with E-state index in [0.717, 1.165) is 40.4 Å². The Balaban J connectivity index is 1.51. The summed E-state index contributed by atoms with van der Waals surface area (Å²) in [5.41, 5.74) is 3.42. The van der Waals surface area contributed by atoms with Crippen LogP contribution in [0.2, 0.25) is 0 Å². The number of hydrogen-bond donors (Lipinski definition) is 2. The minimum atomic E-state index is -1.02. The molecule has 0 bridgehead atoms. The molecule has 8 heteroatoms. The van der Waals surface area contributed by atoms with Gasteiger partial charge in [-0.3, -0.25) is 0 Å². The van der Waals surface area contributed by atoms with E-state index in [1.54, 1.807) is 32.9 Å². The number of ether oxygens (including phenoxy) is 2. The van der Waals surface area contributed by atoms with E-state index in [1.165, 1.54) is 0 Å². The van der Waals surface area contributed by atoms with Crippen LogP contribution in [0.15, 0.2) is 51.8 Å². The predicted octanol–water partition coefficient (Wildman–Crippen LogP) is 5.50. The minimum absolute atomic E-state index is 0.193. The standard InChI is InChI=1S/C30H32N2O6/c1-17-13-24-26(20-10-5-6-11-21(20)27(33)36-24)25(14-17)37-28(34)23(32-29(35)38-30(2,3)4)15-18-16-31-22-12-8-7-9-19(18)22/h7-9,12-14,16,23,31H,5-6,10-11,15H2,1-4H3,(H,32,35)/t23-/m0/s1. The molecule has 0 aliphatic heterocycles. The van der Waals surface area contributed by atoms with Gasteiger partial charge >= 0.3 is 17.7 Å². The molecule has 8 nitrogen and oxygen atoms in total. The number of amides is 1. The van der Waals surface area contributed by atoms with Crippen molar-refractivity contribution in [2.75, 3.05) is 0 Å². The van der Waals surface area contributed by atoms with Crippen LogP contribution in [0.4, 0.5) is 4.79 Å². The number of fused-ring (bicyclic) bond motifs is 4. The van der Waals surface area contributed by atoms with E-state index in [2.05, 4.69) is 10.3 Å². The Morgan fingerprint density at radius 1 is 1.11 bits per heavy atom. The van der Waals surface area contributed by atoms with E-state index in [9.17, 15) is 14.4 Å². The molecule has 0 fully saturated rings. The number of benzene rings is 2. The number of para-hydroxylation sites is 1. The van der Waals surface area contributed by atoms with E-state index < -0.39 is 23.7 Å². The summed E-state index contributed by atoms with van der Waals surface area (Å²) in [7, 11) is 0. The second-order valence-corrected chi connectivity index (χ2v) is 10.9. The van der Waals surface area contributed by atoms with Crippen molar-refractivity contribution in [1.82, 2.24) is 10.3 Å². The highest BCUT2D eigenvalue weighted by atomic mass is 16.6. The molecular formula is C30H32N2O6. The zero-order valence-corrected chi connectivity index (χ0v) is 22.1. The SMILES string of the molecule is Cc1cc(OC(=O)[C@H](Cc2c[nH]c3ccccc23)NC(=O)OC(C)(C)C)c2c3c(c(=O)oc2c1)CCCC3. The maximum atomic E-state index is 13.7. The average Bonchev–Trinajstić information content (AvgIpc) is 3.25. The molecule has 1 amide bonds. The highest BCUT2D eigenvalue weighted by Crippen LogP contribution is 2.35. The molecule has 0 radical (unpaired) electrons. The van der Waals surface area contributed by atoms with Gasteiger partial charge in [0, 0.05) is 29.1 Å². The lowest BCUT2D eigenvalue weighted by Crippen LogP contribution is -2.46. The first kappa shape index (κ1) is 25.6. The Morgan fingerprint density at radius 3 is 2.61 bits per heavy atom. The average molecular weight is 517 g/mol. The highest BCUT2D eigenvalue weighted by molar-refractivity contribution is 5.93. The Hall–Kier alpha value is -4.07. The number of H-pyrrole nitrogens is 1. The molecule has 2 heterocycles. The van der Waals surface area contributed by atoms with Crippen molar-refractivity contribution < 1.29 is 23.5 Å². The van der Waals surface area contributed by atoms with Gasteiger partial charge in [-0.2, -0.15) is 0 Å². The number of nitrogens with one attached hydrogen (secondary N) is 2. The van der Waals surface area contributed by atoms with Gasteiger partial charge in [-0.1, -0.05) is 18.2 Å². The van der Waals surface area contributed by atoms with Crippen LogP contribution in [0.25, 0.3) is 21.9 Å². The molecule has 38 heavy (non-hydrogen) atoms. The van der Waals surface area contributed by atoms with Gasteiger partial charge in [0.2, 0.25) is 0 Å². The summed E-state index contributed by atoms with van der Waals surface area (Å²) in [6.45, 7) is 7.12. The molecule has 2 N–H and O–H groups in total. The zero-order chi connectivity index (χ0) is 27.0. The molecule has 5 rings (SSSR count). The largest absolute Gasteiger partial charge is 0.444 e. The van der Waals surface area contributed by atoms with Crippen molar-refractivity contribution in [3.63, 3.8) is 0 Å². The number of rotatable bonds is 5. The molecule has 0 spiro atoms. The number of aromatic amines is 1. The molecule has 198 valence electrons. The minimum Gasteiger partial charge on any atom is -0.444 e. The number of esters is 1. The first-order valence-corrected chi connectivity index (χ1v) is 12.9. The van der Waals surface area contributed by atoms with Gasteiger partial charge in [0.1, 0.15) is 23.0 Å². The monoisotopic (exact) mass is 516 g/mol. The van der Waals surface area contributed by atoms with Crippen LogP contribution < -0.4 is 15.7 Å². The first-order chi connectivity index (χ1) is 18.1. The van der Waals surface area contributed by atoms with Crippen LogP contribution in [0.3, 0.4) is 0 Å². The Labute approximate surface area is 220 Å². The predicted molar refractivity (Wildman–Crippen MR) is 145 cm³/mol. The third-order valence-electron chi connectivity index (χ3n) is 6.71. The first-order valence-electron chi connectivity index (χ1n) is 12.9. The van der Waals surface area contributed by atoms with Gasteiger partial charge in [0.05, 0.1) is 5.39 Å². The van der Waals surface area contributed by atoms with Gasteiger partial charge in [0.25, 0.3) is 0 Å². The summed E-state index contributed by atoms with van der Waals surface area (Å²) >= 11 is 0. The lowest BCUT2D eigenvalue weighted by atomic mass is 9.90. The molecule has 2 aromatic carbocycles. The number of hydrogen-bond acceptors (Lipinski definition) is 6. The van der Waals surface area contributed by atoms with Gasteiger partial charge in [-0.05, 0) is 88.3 Å². The second kappa shape index (κ2) is 10.0. The molecule has 1 aliphatic carbocycles. The smallest absolute Gasteiger partial charge is 0.408 e. The van der Waals surface area contributed by atoms with Crippen LogP contribution in [0, 0.1) is 6.92 Å². The molecule has 1 atom stereocenters. The van der Waals surface area contributed by atoms with E-state index in [-0.39, 0.29) is 12.0 Å². The number of carbonyl (C=O) groups is 2. The van der Waals surface area contributed by atoms with Gasteiger partial charge in [-0.15, -0.1) is 0 Å². The fourth-order valence-corrected chi connectivity index (χ4v) is 5.09. The van der Waals surface area contributed by atoms with Crippen LogP contribution in [-0.4, -0.2) is 28.7 Å². The quantitative estimate of drug-likeness (QED) is 0.206. The number of aryl methyl sites for hydroxylation is 2. The lowest BCUT2D eigenvalue weighted by molar-refractivity contribution is -0.136. The fraction of sp³-hybridized carbons (Fsp3) is 0.367. The topological polar surface area (TPSA) is 111 Å². The summed E-state index contributed by atoms with van der Waals surface area (Å²) in [5, 5.41) is 4.30. The summed E-state index contributed by atoms with van der Waals surface area (Å²) in [6, 6.07) is 10.3. The molecule has 0 unspecified atom stereocenters.